The van der Waals surface area contributed by atoms with E-state index in [1.54, 1.807) is 12.1 Å². The number of carbonyl (C=O) groups excluding carboxylic acids is 1. The molecule has 128 valence electrons. The van der Waals surface area contributed by atoms with Gasteiger partial charge in [-0.05, 0) is 48.9 Å². The Morgan fingerprint density at radius 2 is 2.00 bits per heavy atom. The fourth-order valence-corrected chi connectivity index (χ4v) is 4.21. The molecule has 1 amide bonds. The van der Waals surface area contributed by atoms with Crippen LogP contribution in [-0.4, -0.2) is 31.1 Å². The lowest BCUT2D eigenvalue weighted by atomic mass is 9.92. The maximum absolute atomic E-state index is 12.4. The Morgan fingerprint density at radius 1 is 1.21 bits per heavy atom. The highest BCUT2D eigenvalue weighted by Crippen LogP contribution is 2.24. The van der Waals surface area contributed by atoms with E-state index >= 15 is 0 Å². The predicted molar refractivity (Wildman–Crippen MR) is 91.4 cm³/mol. The maximum atomic E-state index is 12.4. The summed E-state index contributed by atoms with van der Waals surface area (Å²) in [6, 6.07) is 5.27. The van der Waals surface area contributed by atoms with Crippen molar-refractivity contribution < 1.29 is 13.2 Å². The van der Waals surface area contributed by atoms with Crippen molar-refractivity contribution in [2.24, 2.45) is 0 Å². The molecule has 0 atom stereocenters. The van der Waals surface area contributed by atoms with E-state index in [0.29, 0.717) is 5.13 Å². The molecule has 1 aromatic heterocycles. The van der Waals surface area contributed by atoms with Gasteiger partial charge in [0, 0.05) is 13.0 Å². The van der Waals surface area contributed by atoms with E-state index in [-0.39, 0.29) is 23.8 Å². The molecule has 0 saturated heterocycles. The van der Waals surface area contributed by atoms with E-state index in [0.717, 1.165) is 31.2 Å². The summed E-state index contributed by atoms with van der Waals surface area (Å²) < 4.78 is 27.2. The van der Waals surface area contributed by atoms with Crippen molar-refractivity contribution in [2.45, 2.75) is 37.0 Å². The molecule has 9 heteroatoms. The Bertz CT molecular complexity index is 819. The Labute approximate surface area is 144 Å². The smallest absolute Gasteiger partial charge is 0.240 e. The van der Waals surface area contributed by atoms with Crippen molar-refractivity contribution in [3.8, 4) is 0 Å². The normalized spacial score (nSPS) is 14.2. The van der Waals surface area contributed by atoms with E-state index in [1.165, 1.54) is 22.4 Å². The third-order valence-electron chi connectivity index (χ3n) is 3.88. The van der Waals surface area contributed by atoms with Gasteiger partial charge >= 0.3 is 0 Å². The zero-order valence-electron chi connectivity index (χ0n) is 13.0. The number of carbonyl (C=O) groups is 1. The van der Waals surface area contributed by atoms with E-state index in [1.807, 2.05) is 6.07 Å². The average Bonchev–Trinajstić information content (AvgIpc) is 3.07. The van der Waals surface area contributed by atoms with Crippen LogP contribution in [0.15, 0.2) is 28.6 Å². The Balaban J connectivity index is 1.57. The molecule has 0 spiro atoms. The standard InChI is InChI=1S/C15H18N4O3S2/c20-14(18-15-19-16-10-23-15)7-8-17-24(21,22)13-6-5-11-3-1-2-4-12(11)9-13/h5-6,9-10,17H,1-4,7-8H2,(H,18,19,20). The molecule has 0 saturated carbocycles. The second kappa shape index (κ2) is 7.37. The molecule has 0 aliphatic heterocycles. The molecule has 0 unspecified atom stereocenters. The van der Waals surface area contributed by atoms with Crippen LogP contribution in [0.1, 0.15) is 30.4 Å². The summed E-state index contributed by atoms with van der Waals surface area (Å²) in [6.07, 6.45) is 4.21. The molecule has 3 rings (SSSR count). The number of nitrogens with zero attached hydrogens (tertiary/aromatic N) is 2. The third kappa shape index (κ3) is 4.16. The van der Waals surface area contributed by atoms with Gasteiger partial charge < -0.3 is 5.32 Å². The largest absolute Gasteiger partial charge is 0.300 e. The van der Waals surface area contributed by atoms with Crippen LogP contribution in [0.25, 0.3) is 0 Å². The van der Waals surface area contributed by atoms with Gasteiger partial charge in [0.1, 0.15) is 5.51 Å². The quantitative estimate of drug-likeness (QED) is 0.811. The lowest BCUT2D eigenvalue weighted by molar-refractivity contribution is -0.116. The first-order chi connectivity index (χ1) is 11.5. The van der Waals surface area contributed by atoms with Crippen LogP contribution in [0.5, 0.6) is 0 Å². The maximum Gasteiger partial charge on any atom is 0.240 e. The fraction of sp³-hybridized carbons (Fsp3) is 0.400. The number of anilines is 1. The highest BCUT2D eigenvalue weighted by Gasteiger charge is 2.18. The summed E-state index contributed by atoms with van der Waals surface area (Å²) >= 11 is 1.21. The molecule has 2 N–H and O–H groups in total. The van der Waals surface area contributed by atoms with Gasteiger partial charge in [-0.2, -0.15) is 0 Å². The fourth-order valence-electron chi connectivity index (χ4n) is 2.67. The van der Waals surface area contributed by atoms with Gasteiger partial charge in [0.25, 0.3) is 0 Å². The van der Waals surface area contributed by atoms with Crippen LogP contribution in [0.3, 0.4) is 0 Å². The minimum atomic E-state index is -3.61. The van der Waals surface area contributed by atoms with Crippen LogP contribution in [0, 0.1) is 0 Å². The highest BCUT2D eigenvalue weighted by atomic mass is 32.2. The van der Waals surface area contributed by atoms with Crippen LogP contribution in [0.4, 0.5) is 5.13 Å². The van der Waals surface area contributed by atoms with E-state index in [4.69, 9.17) is 0 Å². The Hall–Kier alpha value is -1.84. The highest BCUT2D eigenvalue weighted by molar-refractivity contribution is 7.89. The van der Waals surface area contributed by atoms with Crippen molar-refractivity contribution in [1.29, 1.82) is 0 Å². The van der Waals surface area contributed by atoms with Gasteiger partial charge in [-0.1, -0.05) is 17.4 Å². The van der Waals surface area contributed by atoms with Crippen LogP contribution in [-0.2, 0) is 27.7 Å². The molecule has 0 radical (unpaired) electrons. The van der Waals surface area contributed by atoms with Crippen LogP contribution >= 0.6 is 11.3 Å². The summed E-state index contributed by atoms with van der Waals surface area (Å²) in [7, 11) is -3.61. The summed E-state index contributed by atoms with van der Waals surface area (Å²) in [4.78, 5) is 12.0. The molecule has 1 aromatic carbocycles. The third-order valence-corrected chi connectivity index (χ3v) is 5.95. The number of hydrogen-bond acceptors (Lipinski definition) is 6. The summed E-state index contributed by atoms with van der Waals surface area (Å²) in [6.45, 7) is 0.0318. The Morgan fingerprint density at radius 3 is 2.75 bits per heavy atom. The molecule has 1 heterocycles. The predicted octanol–water partition coefficient (Wildman–Crippen LogP) is 1.72. The monoisotopic (exact) mass is 366 g/mol. The van der Waals surface area contributed by atoms with Crippen molar-refractivity contribution in [2.75, 3.05) is 11.9 Å². The average molecular weight is 366 g/mol. The minimum Gasteiger partial charge on any atom is -0.300 e. The zero-order valence-corrected chi connectivity index (χ0v) is 14.6. The zero-order chi connectivity index (χ0) is 17.0. The van der Waals surface area contributed by atoms with Crippen molar-refractivity contribution in [3.05, 3.63) is 34.8 Å². The molecule has 0 fully saturated rings. The number of fused-ring (bicyclic) bond motifs is 1. The number of aryl methyl sites for hydroxylation is 2. The second-order valence-electron chi connectivity index (χ2n) is 5.58. The van der Waals surface area contributed by atoms with Crippen LogP contribution < -0.4 is 10.0 Å². The van der Waals surface area contributed by atoms with Gasteiger partial charge in [-0.15, -0.1) is 10.2 Å². The molecule has 1 aliphatic carbocycles. The van der Waals surface area contributed by atoms with Gasteiger partial charge in [0.15, 0.2) is 0 Å². The van der Waals surface area contributed by atoms with Crippen molar-refractivity contribution in [3.63, 3.8) is 0 Å². The lowest BCUT2D eigenvalue weighted by Gasteiger charge is -2.16. The van der Waals surface area contributed by atoms with Gasteiger partial charge in [0.2, 0.25) is 21.1 Å². The Kier molecular flexibility index (Phi) is 5.22. The van der Waals surface area contributed by atoms with Crippen molar-refractivity contribution in [1.82, 2.24) is 14.9 Å². The first-order valence-electron chi connectivity index (χ1n) is 7.72. The molecule has 24 heavy (non-hydrogen) atoms. The second-order valence-corrected chi connectivity index (χ2v) is 8.18. The molecule has 1 aliphatic rings. The number of amides is 1. The van der Waals surface area contributed by atoms with Crippen LogP contribution in [0.2, 0.25) is 0 Å². The number of benzene rings is 1. The van der Waals surface area contributed by atoms with Gasteiger partial charge in [-0.3, -0.25) is 4.79 Å². The van der Waals surface area contributed by atoms with Gasteiger partial charge in [0.05, 0.1) is 4.90 Å². The molecular formula is C15H18N4O3S2. The summed E-state index contributed by atoms with van der Waals surface area (Å²) in [5.41, 5.74) is 3.85. The summed E-state index contributed by atoms with van der Waals surface area (Å²) in [5.74, 6) is -0.306. The SMILES string of the molecule is O=C(CCNS(=O)(=O)c1ccc2c(c1)CCCC2)Nc1nncs1. The number of aromatic nitrogens is 2. The lowest BCUT2D eigenvalue weighted by Crippen LogP contribution is -2.28. The molecule has 2 aromatic rings. The number of nitrogens with one attached hydrogen (secondary N) is 2. The number of hydrogen-bond donors (Lipinski definition) is 2. The van der Waals surface area contributed by atoms with E-state index in [9.17, 15) is 13.2 Å². The number of sulfonamides is 1. The minimum absolute atomic E-state index is 0.0315. The van der Waals surface area contributed by atoms with E-state index < -0.39 is 10.0 Å². The van der Waals surface area contributed by atoms with Gasteiger partial charge in [-0.25, -0.2) is 13.1 Å². The van der Waals surface area contributed by atoms with Crippen molar-refractivity contribution >= 4 is 32.4 Å². The summed E-state index contributed by atoms with van der Waals surface area (Å²) in [5, 5.41) is 10.3. The molecule has 7 nitrogen and oxygen atoms in total. The molecular weight excluding hydrogens is 348 g/mol. The first kappa shape index (κ1) is 17.0. The first-order valence-corrected chi connectivity index (χ1v) is 10.1. The molecule has 0 bridgehead atoms. The topological polar surface area (TPSA) is 101 Å². The van der Waals surface area contributed by atoms with E-state index in [2.05, 4.69) is 20.2 Å². The number of rotatable bonds is 6.